The van der Waals surface area contributed by atoms with Gasteiger partial charge in [-0.3, -0.25) is 9.59 Å². The fraction of sp³-hybridized carbons (Fsp3) is 0.375. The number of benzene rings is 1. The molecule has 0 aliphatic heterocycles. The molecule has 0 bridgehead atoms. The van der Waals surface area contributed by atoms with Gasteiger partial charge in [0.15, 0.2) is 0 Å². The molecule has 2 aromatic rings. The number of aromatic nitrogens is 1. The molecule has 4 nitrogen and oxygen atoms in total. The zero-order valence-corrected chi connectivity index (χ0v) is 12.2. The van der Waals surface area contributed by atoms with E-state index in [1.807, 2.05) is 38.1 Å². The van der Waals surface area contributed by atoms with E-state index in [1.54, 1.807) is 4.90 Å². The van der Waals surface area contributed by atoms with E-state index in [0.717, 1.165) is 22.9 Å². The molecule has 106 valence electrons. The van der Waals surface area contributed by atoms with Crippen LogP contribution < -0.4 is 5.56 Å². The van der Waals surface area contributed by atoms with Crippen LogP contribution in [0.1, 0.15) is 31.4 Å². The van der Waals surface area contributed by atoms with Crippen molar-refractivity contribution in [2.45, 2.75) is 33.7 Å². The molecule has 0 saturated carbocycles. The molecule has 1 amide bonds. The summed E-state index contributed by atoms with van der Waals surface area (Å²) < 4.78 is 0. The molecular formula is C16H20N2O2. The maximum absolute atomic E-state index is 12.2. The van der Waals surface area contributed by atoms with Crippen molar-refractivity contribution in [1.29, 1.82) is 0 Å². The van der Waals surface area contributed by atoms with E-state index in [1.165, 1.54) is 6.92 Å². The fourth-order valence-corrected chi connectivity index (χ4v) is 2.37. The molecule has 0 radical (unpaired) electrons. The molecular weight excluding hydrogens is 252 g/mol. The number of nitrogens with zero attached hydrogens (tertiary/aromatic N) is 1. The van der Waals surface area contributed by atoms with E-state index in [9.17, 15) is 9.59 Å². The number of amides is 1. The maximum atomic E-state index is 12.2. The number of H-pyrrole nitrogens is 1. The minimum atomic E-state index is -0.117. The molecule has 1 heterocycles. The standard InChI is InChI=1S/C16H20N2O2/c1-4-8-18(12(3)19)10-14-9-13-7-5-6-11(2)15(13)17-16(14)20/h5-7,9H,4,8,10H2,1-3H3,(H,17,20). The van der Waals surface area contributed by atoms with Crippen LogP contribution in [0.5, 0.6) is 0 Å². The Balaban J connectivity index is 2.42. The number of rotatable bonds is 4. The zero-order valence-electron chi connectivity index (χ0n) is 12.2. The Morgan fingerprint density at radius 2 is 2.10 bits per heavy atom. The van der Waals surface area contributed by atoms with Gasteiger partial charge in [0.05, 0.1) is 12.1 Å². The second-order valence-electron chi connectivity index (χ2n) is 5.10. The van der Waals surface area contributed by atoms with Gasteiger partial charge < -0.3 is 9.88 Å². The van der Waals surface area contributed by atoms with E-state index in [4.69, 9.17) is 0 Å². The molecule has 0 aliphatic carbocycles. The van der Waals surface area contributed by atoms with Crippen LogP contribution in [0.4, 0.5) is 0 Å². The Hall–Kier alpha value is -2.10. The highest BCUT2D eigenvalue weighted by Gasteiger charge is 2.12. The lowest BCUT2D eigenvalue weighted by Crippen LogP contribution is -2.31. The lowest BCUT2D eigenvalue weighted by Gasteiger charge is -2.20. The van der Waals surface area contributed by atoms with Gasteiger partial charge in [-0.2, -0.15) is 0 Å². The third kappa shape index (κ3) is 2.90. The third-order valence-corrected chi connectivity index (χ3v) is 3.46. The number of nitrogens with one attached hydrogen (secondary N) is 1. The topological polar surface area (TPSA) is 53.2 Å². The number of hydrogen-bond acceptors (Lipinski definition) is 2. The first-order valence-electron chi connectivity index (χ1n) is 6.90. The summed E-state index contributed by atoms with van der Waals surface area (Å²) in [4.78, 5) is 28.4. The van der Waals surface area contributed by atoms with Crippen LogP contribution in [0.15, 0.2) is 29.1 Å². The largest absolute Gasteiger partial charge is 0.338 e. The average Bonchev–Trinajstić information content (AvgIpc) is 2.40. The molecule has 2 rings (SSSR count). The van der Waals surface area contributed by atoms with Crippen LogP contribution in [0, 0.1) is 6.92 Å². The molecule has 20 heavy (non-hydrogen) atoms. The van der Waals surface area contributed by atoms with Crippen LogP contribution >= 0.6 is 0 Å². The Morgan fingerprint density at radius 3 is 2.75 bits per heavy atom. The first-order chi connectivity index (χ1) is 9.52. The van der Waals surface area contributed by atoms with Crippen LogP contribution in [0.3, 0.4) is 0 Å². The van der Waals surface area contributed by atoms with Gasteiger partial charge in [0, 0.05) is 19.0 Å². The van der Waals surface area contributed by atoms with Gasteiger partial charge in [-0.15, -0.1) is 0 Å². The van der Waals surface area contributed by atoms with E-state index >= 15 is 0 Å². The van der Waals surface area contributed by atoms with Crippen LogP contribution in [-0.2, 0) is 11.3 Å². The summed E-state index contributed by atoms with van der Waals surface area (Å²) in [5.41, 5.74) is 2.43. The molecule has 0 unspecified atom stereocenters. The van der Waals surface area contributed by atoms with Gasteiger partial charge in [0.1, 0.15) is 0 Å². The SMILES string of the molecule is CCCN(Cc1cc2cccc(C)c2[nH]c1=O)C(C)=O. The second-order valence-corrected chi connectivity index (χ2v) is 5.10. The summed E-state index contributed by atoms with van der Waals surface area (Å²) in [6.45, 7) is 6.55. The highest BCUT2D eigenvalue weighted by molar-refractivity contribution is 5.82. The summed E-state index contributed by atoms with van der Waals surface area (Å²) in [6.07, 6.45) is 0.879. The Labute approximate surface area is 118 Å². The number of hydrogen-bond donors (Lipinski definition) is 1. The lowest BCUT2D eigenvalue weighted by atomic mass is 10.1. The molecule has 0 spiro atoms. The Bertz CT molecular complexity index is 688. The molecule has 0 atom stereocenters. The lowest BCUT2D eigenvalue weighted by molar-refractivity contribution is -0.129. The Morgan fingerprint density at radius 1 is 1.35 bits per heavy atom. The first kappa shape index (κ1) is 14.3. The van der Waals surface area contributed by atoms with E-state index in [0.29, 0.717) is 18.7 Å². The van der Waals surface area contributed by atoms with Gasteiger partial charge in [-0.25, -0.2) is 0 Å². The summed E-state index contributed by atoms with van der Waals surface area (Å²) in [5, 5.41) is 1.000. The average molecular weight is 272 g/mol. The molecule has 1 aromatic carbocycles. The van der Waals surface area contributed by atoms with E-state index in [2.05, 4.69) is 4.98 Å². The second kappa shape index (κ2) is 5.90. The summed E-state index contributed by atoms with van der Waals surface area (Å²) in [6, 6.07) is 7.79. The number of aryl methyl sites for hydroxylation is 1. The van der Waals surface area contributed by atoms with Crippen molar-refractivity contribution in [3.8, 4) is 0 Å². The summed E-state index contributed by atoms with van der Waals surface area (Å²) in [7, 11) is 0. The van der Waals surface area contributed by atoms with Gasteiger partial charge >= 0.3 is 0 Å². The van der Waals surface area contributed by atoms with Crippen molar-refractivity contribution >= 4 is 16.8 Å². The van der Waals surface area contributed by atoms with Crippen molar-refractivity contribution in [3.63, 3.8) is 0 Å². The minimum absolute atomic E-state index is 0.00408. The summed E-state index contributed by atoms with van der Waals surface area (Å²) >= 11 is 0. The van der Waals surface area contributed by atoms with Gasteiger partial charge in [0.25, 0.3) is 5.56 Å². The van der Waals surface area contributed by atoms with Crippen LogP contribution in [0.2, 0.25) is 0 Å². The number of para-hydroxylation sites is 1. The van der Waals surface area contributed by atoms with E-state index < -0.39 is 0 Å². The molecule has 4 heteroatoms. The summed E-state index contributed by atoms with van der Waals surface area (Å²) in [5.74, 6) is -0.00408. The normalized spacial score (nSPS) is 10.8. The quantitative estimate of drug-likeness (QED) is 0.930. The predicted molar refractivity (Wildman–Crippen MR) is 80.7 cm³/mol. The number of carbonyl (C=O) groups excluding carboxylic acids is 1. The van der Waals surface area contributed by atoms with Gasteiger partial charge in [-0.05, 0) is 30.4 Å². The zero-order chi connectivity index (χ0) is 14.7. The molecule has 0 aliphatic rings. The fourth-order valence-electron chi connectivity index (χ4n) is 2.37. The smallest absolute Gasteiger partial charge is 0.253 e. The molecule has 0 fully saturated rings. The van der Waals surface area contributed by atoms with Crippen molar-refractivity contribution in [1.82, 2.24) is 9.88 Å². The maximum Gasteiger partial charge on any atom is 0.253 e. The van der Waals surface area contributed by atoms with Crippen LogP contribution in [0.25, 0.3) is 10.9 Å². The molecule has 0 saturated heterocycles. The highest BCUT2D eigenvalue weighted by atomic mass is 16.2. The number of pyridine rings is 1. The van der Waals surface area contributed by atoms with Crippen molar-refractivity contribution in [3.05, 3.63) is 45.7 Å². The number of fused-ring (bicyclic) bond motifs is 1. The van der Waals surface area contributed by atoms with Crippen LogP contribution in [-0.4, -0.2) is 22.3 Å². The monoisotopic (exact) mass is 272 g/mol. The number of carbonyl (C=O) groups is 1. The van der Waals surface area contributed by atoms with E-state index in [-0.39, 0.29) is 11.5 Å². The van der Waals surface area contributed by atoms with Crippen molar-refractivity contribution in [2.75, 3.05) is 6.54 Å². The number of aromatic amines is 1. The predicted octanol–water partition coefficient (Wildman–Crippen LogP) is 2.60. The third-order valence-electron chi connectivity index (χ3n) is 3.46. The van der Waals surface area contributed by atoms with Crippen molar-refractivity contribution < 1.29 is 4.79 Å². The molecule has 1 N–H and O–H groups in total. The van der Waals surface area contributed by atoms with Gasteiger partial charge in [0.2, 0.25) is 5.91 Å². The first-order valence-corrected chi connectivity index (χ1v) is 6.90. The van der Waals surface area contributed by atoms with Crippen molar-refractivity contribution in [2.24, 2.45) is 0 Å². The Kier molecular flexibility index (Phi) is 4.23. The van der Waals surface area contributed by atoms with Gasteiger partial charge in [-0.1, -0.05) is 25.1 Å². The minimum Gasteiger partial charge on any atom is -0.338 e. The highest BCUT2D eigenvalue weighted by Crippen LogP contribution is 2.15. The molecule has 1 aromatic heterocycles.